The summed E-state index contributed by atoms with van der Waals surface area (Å²) in [6.07, 6.45) is 3.79. The van der Waals surface area contributed by atoms with Crippen LogP contribution in [-0.4, -0.2) is 45.6 Å². The summed E-state index contributed by atoms with van der Waals surface area (Å²) >= 11 is 1.98. The second-order valence-corrected chi connectivity index (χ2v) is 9.10. The second-order valence-electron chi connectivity index (χ2n) is 8.00. The first-order chi connectivity index (χ1) is 9.18. The molecule has 1 N–H and O–H groups in total. The van der Waals surface area contributed by atoms with Gasteiger partial charge in [0.15, 0.2) is 0 Å². The van der Waals surface area contributed by atoms with Crippen LogP contribution in [0, 0.1) is 5.92 Å². The molecule has 3 rings (SSSR count). The number of ether oxygens (including phenoxy) is 2. The summed E-state index contributed by atoms with van der Waals surface area (Å²) in [5.41, 5.74) is -1.44. The van der Waals surface area contributed by atoms with Gasteiger partial charge < -0.3 is 14.6 Å². The van der Waals surface area contributed by atoms with Gasteiger partial charge in [0.25, 0.3) is 0 Å². The number of hydrogen-bond acceptors (Lipinski definition) is 4. The summed E-state index contributed by atoms with van der Waals surface area (Å²) in [6, 6.07) is 0. The van der Waals surface area contributed by atoms with Crippen molar-refractivity contribution in [1.82, 2.24) is 0 Å². The third kappa shape index (κ3) is 2.33. The lowest BCUT2D eigenvalue weighted by atomic mass is 9.67. The molecule has 3 aliphatic rings. The third-order valence-corrected chi connectivity index (χ3v) is 6.73. The Morgan fingerprint density at radius 3 is 2.50 bits per heavy atom. The van der Waals surface area contributed by atoms with Crippen LogP contribution in [0.3, 0.4) is 0 Å². The minimum atomic E-state index is -0.736. The van der Waals surface area contributed by atoms with Crippen LogP contribution in [0.15, 0.2) is 0 Å². The average Bonchev–Trinajstić information content (AvgIpc) is 2.81. The SMILES string of the molecule is CC1(C)CC(O)(C2CCOC3(CCSC3)C2)C(C)(C)O1. The highest BCUT2D eigenvalue weighted by atomic mass is 32.2. The fourth-order valence-electron chi connectivity index (χ4n) is 4.61. The molecule has 3 atom stereocenters. The van der Waals surface area contributed by atoms with Crippen LogP contribution in [0.5, 0.6) is 0 Å². The maximum absolute atomic E-state index is 11.4. The predicted octanol–water partition coefficient (Wildman–Crippen LogP) is 3.00. The Morgan fingerprint density at radius 2 is 1.95 bits per heavy atom. The van der Waals surface area contributed by atoms with Gasteiger partial charge in [-0.1, -0.05) is 0 Å². The Bertz CT molecular complexity index is 387. The smallest absolute Gasteiger partial charge is 0.0987 e. The molecule has 3 nitrogen and oxygen atoms in total. The predicted molar refractivity (Wildman–Crippen MR) is 82.2 cm³/mol. The quantitative estimate of drug-likeness (QED) is 0.808. The van der Waals surface area contributed by atoms with Gasteiger partial charge in [-0.05, 0) is 58.6 Å². The van der Waals surface area contributed by atoms with E-state index < -0.39 is 11.2 Å². The lowest BCUT2D eigenvalue weighted by Crippen LogP contribution is -2.56. The first kappa shape index (κ1) is 15.1. The van der Waals surface area contributed by atoms with Gasteiger partial charge in [0.1, 0.15) is 0 Å². The van der Waals surface area contributed by atoms with E-state index in [2.05, 4.69) is 13.8 Å². The van der Waals surface area contributed by atoms with Gasteiger partial charge in [-0.25, -0.2) is 0 Å². The van der Waals surface area contributed by atoms with Gasteiger partial charge in [-0.2, -0.15) is 11.8 Å². The van der Waals surface area contributed by atoms with Crippen molar-refractivity contribution in [3.63, 3.8) is 0 Å². The molecule has 116 valence electrons. The lowest BCUT2D eigenvalue weighted by molar-refractivity contribution is -0.181. The second kappa shape index (κ2) is 4.61. The summed E-state index contributed by atoms with van der Waals surface area (Å²) in [6.45, 7) is 9.06. The fraction of sp³-hybridized carbons (Fsp3) is 1.00. The Hall–Kier alpha value is 0.230. The van der Waals surface area contributed by atoms with Crippen molar-refractivity contribution in [2.45, 2.75) is 75.8 Å². The van der Waals surface area contributed by atoms with Gasteiger partial charge in [0, 0.05) is 18.8 Å². The van der Waals surface area contributed by atoms with E-state index in [1.54, 1.807) is 0 Å². The summed E-state index contributed by atoms with van der Waals surface area (Å²) in [4.78, 5) is 0. The van der Waals surface area contributed by atoms with Crippen molar-refractivity contribution in [2.24, 2.45) is 5.92 Å². The summed E-state index contributed by atoms with van der Waals surface area (Å²) in [7, 11) is 0. The monoisotopic (exact) mass is 300 g/mol. The molecule has 0 radical (unpaired) electrons. The van der Waals surface area contributed by atoms with E-state index in [0.717, 1.165) is 38.0 Å². The van der Waals surface area contributed by atoms with E-state index in [9.17, 15) is 5.11 Å². The van der Waals surface area contributed by atoms with E-state index in [1.165, 1.54) is 5.75 Å². The van der Waals surface area contributed by atoms with E-state index in [-0.39, 0.29) is 17.1 Å². The third-order valence-electron chi connectivity index (χ3n) is 5.50. The van der Waals surface area contributed by atoms with Crippen LogP contribution < -0.4 is 0 Å². The first-order valence-electron chi connectivity index (χ1n) is 7.82. The Kier molecular flexibility index (Phi) is 3.49. The minimum Gasteiger partial charge on any atom is -0.386 e. The van der Waals surface area contributed by atoms with Crippen molar-refractivity contribution < 1.29 is 14.6 Å². The molecule has 3 heterocycles. The molecule has 4 heteroatoms. The maximum atomic E-state index is 11.4. The van der Waals surface area contributed by atoms with Gasteiger partial charge >= 0.3 is 0 Å². The van der Waals surface area contributed by atoms with Crippen molar-refractivity contribution in [3.05, 3.63) is 0 Å². The molecular formula is C16H28O3S. The Morgan fingerprint density at radius 1 is 1.20 bits per heavy atom. The normalized spacial score (nSPS) is 47.0. The topological polar surface area (TPSA) is 38.7 Å². The zero-order valence-electron chi connectivity index (χ0n) is 13.2. The molecule has 20 heavy (non-hydrogen) atoms. The molecule has 1 spiro atoms. The van der Waals surface area contributed by atoms with Gasteiger partial charge in [-0.3, -0.25) is 0 Å². The zero-order chi connectivity index (χ0) is 14.6. The maximum Gasteiger partial charge on any atom is 0.0987 e. The van der Waals surface area contributed by atoms with E-state index in [4.69, 9.17) is 9.47 Å². The molecule has 0 saturated carbocycles. The molecule has 0 aromatic rings. The number of aliphatic hydroxyl groups is 1. The molecule has 0 aromatic carbocycles. The minimum absolute atomic E-state index is 0.0200. The van der Waals surface area contributed by atoms with Crippen molar-refractivity contribution in [2.75, 3.05) is 18.1 Å². The molecule has 0 bridgehead atoms. The van der Waals surface area contributed by atoms with E-state index in [0.29, 0.717) is 0 Å². The molecule has 3 fully saturated rings. The highest BCUT2D eigenvalue weighted by Crippen LogP contribution is 2.54. The van der Waals surface area contributed by atoms with Crippen LogP contribution in [0.25, 0.3) is 0 Å². The van der Waals surface area contributed by atoms with E-state index >= 15 is 0 Å². The highest BCUT2D eigenvalue weighted by Gasteiger charge is 2.61. The lowest BCUT2D eigenvalue weighted by Gasteiger charge is -2.47. The Labute approximate surface area is 126 Å². The Balaban J connectivity index is 1.84. The molecule has 0 aromatic heterocycles. The number of rotatable bonds is 1. The van der Waals surface area contributed by atoms with Crippen molar-refractivity contribution >= 4 is 11.8 Å². The summed E-state index contributed by atoms with van der Waals surface area (Å²) < 4.78 is 12.3. The van der Waals surface area contributed by atoms with Crippen LogP contribution in [0.2, 0.25) is 0 Å². The van der Waals surface area contributed by atoms with Crippen LogP contribution in [-0.2, 0) is 9.47 Å². The van der Waals surface area contributed by atoms with Crippen LogP contribution in [0.1, 0.15) is 53.4 Å². The highest BCUT2D eigenvalue weighted by molar-refractivity contribution is 7.99. The van der Waals surface area contributed by atoms with Crippen LogP contribution >= 0.6 is 11.8 Å². The molecule has 0 amide bonds. The fourth-order valence-corrected chi connectivity index (χ4v) is 5.99. The standard InChI is InChI=1S/C16H28O3S/c1-13(2)10-16(17,14(3,4)19-13)12-5-7-18-15(9-12)6-8-20-11-15/h12,17H,5-11H2,1-4H3. The van der Waals surface area contributed by atoms with Gasteiger partial charge in [-0.15, -0.1) is 0 Å². The number of hydrogen-bond donors (Lipinski definition) is 1. The number of thioether (sulfide) groups is 1. The molecule has 0 aliphatic carbocycles. The summed E-state index contributed by atoms with van der Waals surface area (Å²) in [5, 5.41) is 11.4. The van der Waals surface area contributed by atoms with E-state index in [1.807, 2.05) is 25.6 Å². The van der Waals surface area contributed by atoms with Gasteiger partial charge in [0.2, 0.25) is 0 Å². The molecule has 3 saturated heterocycles. The largest absolute Gasteiger partial charge is 0.386 e. The average molecular weight is 300 g/mol. The molecule has 3 unspecified atom stereocenters. The zero-order valence-corrected chi connectivity index (χ0v) is 14.0. The first-order valence-corrected chi connectivity index (χ1v) is 8.98. The van der Waals surface area contributed by atoms with Gasteiger partial charge in [0.05, 0.1) is 22.4 Å². The van der Waals surface area contributed by atoms with Crippen molar-refractivity contribution in [3.8, 4) is 0 Å². The molecule has 3 aliphatic heterocycles. The van der Waals surface area contributed by atoms with Crippen LogP contribution in [0.4, 0.5) is 0 Å². The molecular weight excluding hydrogens is 272 g/mol. The van der Waals surface area contributed by atoms with Crippen molar-refractivity contribution in [1.29, 1.82) is 0 Å². The summed E-state index contributed by atoms with van der Waals surface area (Å²) in [5.74, 6) is 2.56.